The molecule has 2 rings (SSSR count). The summed E-state index contributed by atoms with van der Waals surface area (Å²) in [5.74, 6) is 1.54. The van der Waals surface area contributed by atoms with Gasteiger partial charge in [-0.15, -0.1) is 0 Å². The van der Waals surface area contributed by atoms with Gasteiger partial charge >= 0.3 is 0 Å². The molecule has 0 radical (unpaired) electrons. The van der Waals surface area contributed by atoms with Crippen molar-refractivity contribution in [3.05, 3.63) is 23.8 Å². The van der Waals surface area contributed by atoms with Crippen LogP contribution in [0.2, 0.25) is 0 Å². The Kier molecular flexibility index (Phi) is 10.7. The van der Waals surface area contributed by atoms with Gasteiger partial charge in [-0.2, -0.15) is 0 Å². The highest BCUT2D eigenvalue weighted by molar-refractivity contribution is 5.40. The van der Waals surface area contributed by atoms with Crippen LogP contribution in [0.5, 0.6) is 11.5 Å². The summed E-state index contributed by atoms with van der Waals surface area (Å²) in [6, 6.07) is 5.72. The van der Waals surface area contributed by atoms with E-state index in [1.54, 1.807) is 7.11 Å². The lowest BCUT2D eigenvalue weighted by atomic mass is 10.1. The third-order valence-corrected chi connectivity index (χ3v) is 4.99. The average molecular weight is 411 g/mol. The van der Waals surface area contributed by atoms with E-state index in [0.29, 0.717) is 13.1 Å². The molecule has 7 heteroatoms. The van der Waals surface area contributed by atoms with Crippen LogP contribution in [0.1, 0.15) is 38.7 Å². The van der Waals surface area contributed by atoms with Gasteiger partial charge in [0.2, 0.25) is 0 Å². The number of nitrogens with zero attached hydrogens (tertiary/aromatic N) is 1. The summed E-state index contributed by atoms with van der Waals surface area (Å²) in [5.41, 5.74) is 1.00. The normalized spacial score (nSPS) is 16.9. The van der Waals surface area contributed by atoms with Crippen LogP contribution in [0.25, 0.3) is 0 Å². The van der Waals surface area contributed by atoms with Gasteiger partial charge in [-0.1, -0.05) is 0 Å². The van der Waals surface area contributed by atoms with Gasteiger partial charge in [0, 0.05) is 38.3 Å². The molecule has 1 heterocycles. The molecular weight excluding hydrogens is 372 g/mol. The molecule has 1 aliphatic heterocycles. The molecule has 1 aromatic rings. The molecule has 7 nitrogen and oxygen atoms in total. The number of hydrogen-bond donors (Lipinski definition) is 3. The summed E-state index contributed by atoms with van der Waals surface area (Å²) < 4.78 is 16.8. The van der Waals surface area contributed by atoms with Crippen molar-refractivity contribution in [1.82, 2.24) is 10.2 Å². The van der Waals surface area contributed by atoms with E-state index in [4.69, 9.17) is 14.2 Å². The Labute approximate surface area is 175 Å². The first-order chi connectivity index (χ1) is 14.0. The number of aliphatic hydroxyl groups is 2. The number of β-amino-alcohol motifs (C(OH)–C–C–N with tert-alkyl or cyclic N) is 1. The van der Waals surface area contributed by atoms with Gasteiger partial charge < -0.3 is 34.6 Å². The molecule has 1 aromatic carbocycles. The van der Waals surface area contributed by atoms with Crippen molar-refractivity contribution >= 4 is 0 Å². The Balaban J connectivity index is 1.79. The lowest BCUT2D eigenvalue weighted by Crippen LogP contribution is -2.41. The molecular formula is C22H38N2O5. The number of benzene rings is 1. The fraction of sp³-hybridized carbons (Fsp3) is 0.727. The third kappa shape index (κ3) is 9.31. The van der Waals surface area contributed by atoms with Crippen molar-refractivity contribution in [2.24, 2.45) is 0 Å². The quantitative estimate of drug-likeness (QED) is 0.428. The summed E-state index contributed by atoms with van der Waals surface area (Å²) in [5, 5.41) is 23.4. The predicted octanol–water partition coefficient (Wildman–Crippen LogP) is 1.80. The maximum absolute atomic E-state index is 10.4. The molecule has 0 amide bonds. The number of rotatable bonds is 13. The number of nitrogens with one attached hydrogen (secondary N) is 1. The highest BCUT2D eigenvalue weighted by Gasteiger charge is 2.19. The van der Waals surface area contributed by atoms with Crippen LogP contribution in [0.3, 0.4) is 0 Å². The minimum absolute atomic E-state index is 0.203. The Morgan fingerprint density at radius 1 is 1.24 bits per heavy atom. The first-order valence-corrected chi connectivity index (χ1v) is 10.7. The van der Waals surface area contributed by atoms with Gasteiger partial charge in [-0.25, -0.2) is 0 Å². The SMILES string of the molecule is COc1ccc(OCC(O)CN2CCC(O)CC2)c(CNCCCOC(C)C)c1. The molecule has 3 N–H and O–H groups in total. The van der Waals surface area contributed by atoms with Gasteiger partial charge in [0.25, 0.3) is 0 Å². The van der Waals surface area contributed by atoms with Crippen molar-refractivity contribution < 1.29 is 24.4 Å². The van der Waals surface area contributed by atoms with Crippen LogP contribution in [0.15, 0.2) is 18.2 Å². The van der Waals surface area contributed by atoms with Crippen LogP contribution >= 0.6 is 0 Å². The summed E-state index contributed by atoms with van der Waals surface area (Å²) in [4.78, 5) is 2.18. The number of methoxy groups -OCH3 is 1. The number of aliphatic hydroxyl groups excluding tert-OH is 2. The zero-order chi connectivity index (χ0) is 21.1. The van der Waals surface area contributed by atoms with Gasteiger partial charge in [0.05, 0.1) is 19.3 Å². The molecule has 29 heavy (non-hydrogen) atoms. The largest absolute Gasteiger partial charge is 0.497 e. The van der Waals surface area contributed by atoms with Gasteiger partial charge in [-0.05, 0) is 57.9 Å². The van der Waals surface area contributed by atoms with Crippen molar-refractivity contribution in [3.8, 4) is 11.5 Å². The van der Waals surface area contributed by atoms with Crippen LogP contribution in [0.4, 0.5) is 0 Å². The second-order valence-electron chi connectivity index (χ2n) is 7.92. The van der Waals surface area contributed by atoms with Crippen molar-refractivity contribution in [1.29, 1.82) is 0 Å². The Hall–Kier alpha value is -1.38. The molecule has 0 saturated carbocycles. The molecule has 0 spiro atoms. The molecule has 166 valence electrons. The van der Waals surface area contributed by atoms with E-state index in [1.165, 1.54) is 0 Å². The van der Waals surface area contributed by atoms with E-state index >= 15 is 0 Å². The van der Waals surface area contributed by atoms with Crippen LogP contribution in [-0.2, 0) is 11.3 Å². The van der Waals surface area contributed by atoms with E-state index in [1.807, 2.05) is 32.0 Å². The highest BCUT2D eigenvalue weighted by Crippen LogP contribution is 2.24. The lowest BCUT2D eigenvalue weighted by molar-refractivity contribution is 0.0336. The predicted molar refractivity (Wildman–Crippen MR) is 114 cm³/mol. The maximum Gasteiger partial charge on any atom is 0.124 e. The average Bonchev–Trinajstić information content (AvgIpc) is 2.71. The lowest BCUT2D eigenvalue weighted by Gasteiger charge is -2.31. The number of likely N-dealkylation sites (tertiary alicyclic amines) is 1. The van der Waals surface area contributed by atoms with Gasteiger partial charge in [-0.3, -0.25) is 0 Å². The Morgan fingerprint density at radius 3 is 2.69 bits per heavy atom. The summed E-state index contributed by atoms with van der Waals surface area (Å²) in [6.45, 7) is 8.76. The highest BCUT2D eigenvalue weighted by atomic mass is 16.5. The third-order valence-electron chi connectivity index (χ3n) is 4.99. The van der Waals surface area contributed by atoms with Crippen LogP contribution in [-0.4, -0.2) is 79.9 Å². The fourth-order valence-corrected chi connectivity index (χ4v) is 3.34. The van der Waals surface area contributed by atoms with E-state index in [0.717, 1.165) is 62.6 Å². The topological polar surface area (TPSA) is 83.4 Å². The second-order valence-corrected chi connectivity index (χ2v) is 7.92. The molecule has 0 bridgehead atoms. The fourth-order valence-electron chi connectivity index (χ4n) is 3.34. The molecule has 0 aliphatic carbocycles. The standard InChI is InChI=1S/C22H38N2O5/c1-17(2)28-12-4-9-23-14-18-13-21(27-3)5-6-22(18)29-16-20(26)15-24-10-7-19(25)8-11-24/h5-6,13,17,19-20,23,25-26H,4,7-12,14-16H2,1-3H3. The van der Waals surface area contributed by atoms with Crippen molar-refractivity contribution in [3.63, 3.8) is 0 Å². The monoisotopic (exact) mass is 410 g/mol. The van der Waals surface area contributed by atoms with E-state index in [2.05, 4.69) is 10.2 Å². The zero-order valence-electron chi connectivity index (χ0n) is 18.1. The minimum Gasteiger partial charge on any atom is -0.497 e. The minimum atomic E-state index is -0.568. The Bertz CT molecular complexity index is 576. The summed E-state index contributed by atoms with van der Waals surface area (Å²) in [6.07, 6.45) is 1.97. The van der Waals surface area contributed by atoms with Gasteiger partial charge in [0.15, 0.2) is 0 Å². The van der Waals surface area contributed by atoms with Crippen LogP contribution < -0.4 is 14.8 Å². The van der Waals surface area contributed by atoms with Crippen LogP contribution in [0, 0.1) is 0 Å². The molecule has 1 atom stereocenters. The Morgan fingerprint density at radius 2 is 2.00 bits per heavy atom. The number of piperidine rings is 1. The number of hydrogen-bond acceptors (Lipinski definition) is 7. The van der Waals surface area contributed by atoms with E-state index in [9.17, 15) is 10.2 Å². The molecule has 0 aromatic heterocycles. The van der Waals surface area contributed by atoms with Gasteiger partial charge in [0.1, 0.15) is 24.2 Å². The van der Waals surface area contributed by atoms with Crippen molar-refractivity contribution in [2.75, 3.05) is 46.5 Å². The summed E-state index contributed by atoms with van der Waals surface area (Å²) in [7, 11) is 1.65. The maximum atomic E-state index is 10.4. The number of ether oxygens (including phenoxy) is 3. The van der Waals surface area contributed by atoms with Crippen molar-refractivity contribution in [2.45, 2.75) is 58.0 Å². The first-order valence-electron chi connectivity index (χ1n) is 10.7. The zero-order valence-corrected chi connectivity index (χ0v) is 18.1. The van der Waals surface area contributed by atoms with E-state index in [-0.39, 0.29) is 18.8 Å². The first kappa shape index (κ1) is 23.9. The van der Waals surface area contributed by atoms with E-state index < -0.39 is 6.10 Å². The smallest absolute Gasteiger partial charge is 0.124 e. The molecule has 1 aliphatic rings. The summed E-state index contributed by atoms with van der Waals surface area (Å²) >= 11 is 0. The molecule has 1 fully saturated rings. The second kappa shape index (κ2) is 13.0. The molecule has 1 unspecified atom stereocenters. The molecule has 1 saturated heterocycles.